The van der Waals surface area contributed by atoms with Crippen molar-refractivity contribution >= 4 is 34.8 Å². The molecule has 0 atom stereocenters. The van der Waals surface area contributed by atoms with Crippen molar-refractivity contribution in [3.63, 3.8) is 0 Å². The van der Waals surface area contributed by atoms with Crippen LogP contribution in [0.1, 0.15) is 37.7 Å². The van der Waals surface area contributed by atoms with Crippen molar-refractivity contribution in [1.29, 1.82) is 0 Å². The Hall–Kier alpha value is -3.45. The van der Waals surface area contributed by atoms with Crippen molar-refractivity contribution in [3.8, 4) is 11.3 Å². The summed E-state index contributed by atoms with van der Waals surface area (Å²) >= 11 is 0. The Morgan fingerprint density at radius 1 is 1.09 bits per heavy atom. The molecule has 4 aromatic rings. The number of hydrogen-bond acceptors (Lipinski definition) is 4. The molecule has 7 nitrogen and oxygen atoms in total. The number of rotatable bonds is 8. The molecule has 0 unspecified atom stereocenters. The zero-order chi connectivity index (χ0) is 22.5. The molecule has 0 saturated heterocycles. The molecule has 33 heavy (non-hydrogen) atoms. The molecular weight excluding hydrogens is 438 g/mol. The van der Waals surface area contributed by atoms with E-state index in [0.29, 0.717) is 23.2 Å². The highest BCUT2D eigenvalue weighted by molar-refractivity contribution is 5.95. The van der Waals surface area contributed by atoms with Crippen LogP contribution in [0.2, 0.25) is 0 Å². The van der Waals surface area contributed by atoms with Gasteiger partial charge in [0.05, 0.1) is 16.8 Å². The molecule has 2 heterocycles. The number of nitrogens with zero attached hydrogens (tertiary/aromatic N) is 3. The van der Waals surface area contributed by atoms with Gasteiger partial charge >= 0.3 is 0 Å². The monoisotopic (exact) mass is 465 g/mol. The molecule has 0 spiro atoms. The summed E-state index contributed by atoms with van der Waals surface area (Å²) in [6.45, 7) is 4.98. The predicted molar refractivity (Wildman–Crippen MR) is 134 cm³/mol. The van der Waals surface area contributed by atoms with E-state index < -0.39 is 0 Å². The number of carbonyl (C=O) groups is 1. The van der Waals surface area contributed by atoms with E-state index in [4.69, 9.17) is 0 Å². The van der Waals surface area contributed by atoms with Crippen molar-refractivity contribution < 1.29 is 4.79 Å². The Bertz CT molecular complexity index is 1310. The average Bonchev–Trinajstić information content (AvgIpc) is 3.17. The van der Waals surface area contributed by atoms with Gasteiger partial charge in [0.25, 0.3) is 5.56 Å². The summed E-state index contributed by atoms with van der Waals surface area (Å²) in [4.78, 5) is 29.0. The maximum atomic E-state index is 12.5. The van der Waals surface area contributed by atoms with Crippen LogP contribution in [0.25, 0.3) is 22.0 Å². The summed E-state index contributed by atoms with van der Waals surface area (Å²) in [5.41, 5.74) is 3.04. The Morgan fingerprint density at radius 3 is 2.67 bits per heavy atom. The Kier molecular flexibility index (Phi) is 8.01. The van der Waals surface area contributed by atoms with E-state index in [-0.39, 0.29) is 23.9 Å². The van der Waals surface area contributed by atoms with Crippen molar-refractivity contribution in [1.82, 2.24) is 19.7 Å². The molecule has 0 aliphatic rings. The number of nitrogens with one attached hydrogen (secondary N) is 2. The maximum absolute atomic E-state index is 12.5. The highest BCUT2D eigenvalue weighted by Crippen LogP contribution is 2.26. The molecule has 4 rings (SSSR count). The Labute approximate surface area is 198 Å². The van der Waals surface area contributed by atoms with Crippen molar-refractivity contribution in [2.45, 2.75) is 46.1 Å². The summed E-state index contributed by atoms with van der Waals surface area (Å²) < 4.78 is 2.18. The largest absolute Gasteiger partial charge is 0.335 e. The fourth-order valence-corrected chi connectivity index (χ4v) is 3.94. The second-order valence-electron chi connectivity index (χ2n) is 7.88. The molecular formula is C25H28ClN5O2. The molecule has 2 aromatic carbocycles. The van der Waals surface area contributed by atoms with Crippen molar-refractivity contribution in [2.75, 3.05) is 5.32 Å². The number of aryl methyl sites for hydroxylation is 3. The van der Waals surface area contributed by atoms with E-state index >= 15 is 0 Å². The van der Waals surface area contributed by atoms with Crippen LogP contribution in [-0.4, -0.2) is 25.7 Å². The van der Waals surface area contributed by atoms with Crippen LogP contribution in [0.3, 0.4) is 0 Å². The standard InChI is InChI=1S/C25H27N5O2.ClH/c1-3-22-26-17(2)16-30(22)14-7-6-13-23(31)27-19-10-8-9-18(15-19)24-20-11-4-5-12-21(20)25(32)29-28-24;/h4-5,8-12,15-16H,3,6-7,13-14H2,1-2H3,(H,27,31)(H,29,32);1H. The van der Waals surface area contributed by atoms with Crippen LogP contribution in [0.15, 0.2) is 59.5 Å². The number of carbonyl (C=O) groups excluding carboxylic acids is 1. The molecule has 1 amide bonds. The molecule has 0 bridgehead atoms. The van der Waals surface area contributed by atoms with E-state index in [1.165, 1.54) is 0 Å². The van der Waals surface area contributed by atoms with Gasteiger partial charge in [0, 0.05) is 42.2 Å². The number of aromatic nitrogens is 4. The van der Waals surface area contributed by atoms with Gasteiger partial charge in [-0.25, -0.2) is 10.1 Å². The van der Waals surface area contributed by atoms with Crippen LogP contribution in [0, 0.1) is 6.92 Å². The molecule has 2 aromatic heterocycles. The first kappa shape index (κ1) is 24.2. The van der Waals surface area contributed by atoms with Gasteiger partial charge in [-0.1, -0.05) is 37.3 Å². The zero-order valence-electron chi connectivity index (χ0n) is 18.8. The molecule has 0 aliphatic heterocycles. The zero-order valence-corrected chi connectivity index (χ0v) is 19.6. The summed E-state index contributed by atoms with van der Waals surface area (Å²) in [5, 5.41) is 11.2. The number of H-pyrrole nitrogens is 1. The normalized spacial score (nSPS) is 10.7. The summed E-state index contributed by atoms with van der Waals surface area (Å²) in [6.07, 6.45) is 5.16. The SMILES string of the molecule is CCc1nc(C)cn1CCCCC(=O)Nc1cccc(-c2n[nH]c(=O)c3ccccc23)c1.Cl. The van der Waals surface area contributed by atoms with Crippen molar-refractivity contribution in [2.24, 2.45) is 0 Å². The van der Waals surface area contributed by atoms with Gasteiger partial charge in [0.15, 0.2) is 0 Å². The number of halogens is 1. The first-order valence-electron chi connectivity index (χ1n) is 11.0. The van der Waals surface area contributed by atoms with E-state index in [1.807, 2.05) is 49.4 Å². The fourth-order valence-electron chi connectivity index (χ4n) is 3.94. The van der Waals surface area contributed by atoms with Gasteiger partial charge in [0.2, 0.25) is 5.91 Å². The second kappa shape index (κ2) is 10.9. The maximum Gasteiger partial charge on any atom is 0.272 e. The number of anilines is 1. The summed E-state index contributed by atoms with van der Waals surface area (Å²) in [6, 6.07) is 14.9. The van der Waals surface area contributed by atoms with E-state index in [1.54, 1.807) is 6.07 Å². The third-order valence-corrected chi connectivity index (χ3v) is 5.46. The van der Waals surface area contributed by atoms with Gasteiger partial charge < -0.3 is 9.88 Å². The summed E-state index contributed by atoms with van der Waals surface area (Å²) in [5.74, 6) is 1.08. The van der Waals surface area contributed by atoms with Crippen LogP contribution in [-0.2, 0) is 17.8 Å². The highest BCUT2D eigenvalue weighted by Gasteiger charge is 2.10. The minimum Gasteiger partial charge on any atom is -0.335 e. The molecule has 0 fully saturated rings. The number of unbranched alkanes of at least 4 members (excludes halogenated alkanes) is 1. The number of amides is 1. The molecule has 0 saturated carbocycles. The lowest BCUT2D eigenvalue weighted by Crippen LogP contribution is -2.12. The van der Waals surface area contributed by atoms with Gasteiger partial charge in [-0.2, -0.15) is 5.10 Å². The van der Waals surface area contributed by atoms with Gasteiger partial charge in [-0.15, -0.1) is 12.4 Å². The number of hydrogen-bond donors (Lipinski definition) is 2. The Balaban J connectivity index is 0.00000306. The predicted octanol–water partition coefficient (Wildman–Crippen LogP) is 4.89. The van der Waals surface area contributed by atoms with Gasteiger partial charge in [0.1, 0.15) is 5.82 Å². The third-order valence-electron chi connectivity index (χ3n) is 5.46. The molecule has 2 N–H and O–H groups in total. The summed E-state index contributed by atoms with van der Waals surface area (Å²) in [7, 11) is 0. The topological polar surface area (TPSA) is 92.7 Å². The molecule has 0 radical (unpaired) electrons. The average molecular weight is 466 g/mol. The number of benzene rings is 2. The first-order valence-corrected chi connectivity index (χ1v) is 11.0. The van der Waals surface area contributed by atoms with Crippen molar-refractivity contribution in [3.05, 3.63) is 76.6 Å². The van der Waals surface area contributed by atoms with Crippen LogP contribution in [0.5, 0.6) is 0 Å². The highest BCUT2D eigenvalue weighted by atomic mass is 35.5. The third kappa shape index (κ3) is 5.68. The molecule has 8 heteroatoms. The van der Waals surface area contributed by atoms with Gasteiger partial charge in [-0.3, -0.25) is 9.59 Å². The van der Waals surface area contributed by atoms with Gasteiger partial charge in [-0.05, 0) is 38.0 Å². The minimum atomic E-state index is -0.217. The lowest BCUT2D eigenvalue weighted by molar-refractivity contribution is -0.116. The second-order valence-corrected chi connectivity index (χ2v) is 7.88. The lowest BCUT2D eigenvalue weighted by atomic mass is 10.0. The minimum absolute atomic E-state index is 0. The van der Waals surface area contributed by atoms with E-state index in [2.05, 4.69) is 38.2 Å². The van der Waals surface area contributed by atoms with Crippen LogP contribution in [0.4, 0.5) is 5.69 Å². The van der Waals surface area contributed by atoms with E-state index in [0.717, 1.165) is 48.3 Å². The number of fused-ring (bicyclic) bond motifs is 1. The van der Waals surface area contributed by atoms with Crippen LogP contribution >= 0.6 is 12.4 Å². The smallest absolute Gasteiger partial charge is 0.272 e. The number of aromatic amines is 1. The fraction of sp³-hybridized carbons (Fsp3) is 0.280. The van der Waals surface area contributed by atoms with Crippen LogP contribution < -0.4 is 10.9 Å². The number of imidazole rings is 1. The molecule has 172 valence electrons. The quantitative estimate of drug-likeness (QED) is 0.362. The lowest BCUT2D eigenvalue weighted by Gasteiger charge is -2.09. The Morgan fingerprint density at radius 2 is 1.88 bits per heavy atom. The molecule has 0 aliphatic carbocycles. The first-order chi connectivity index (χ1) is 15.5. The van der Waals surface area contributed by atoms with E-state index in [9.17, 15) is 9.59 Å².